The number of nitrogens with one attached hydrogen (secondary N) is 1. The molecule has 0 radical (unpaired) electrons. The summed E-state index contributed by atoms with van der Waals surface area (Å²) in [7, 11) is 0. The number of ether oxygens (including phenoxy) is 1. The maximum absolute atomic E-state index is 12.7. The van der Waals surface area contributed by atoms with Gasteiger partial charge in [0.25, 0.3) is 5.91 Å². The highest BCUT2D eigenvalue weighted by molar-refractivity contribution is 7.99. The minimum atomic E-state index is -0.160. The fourth-order valence-electron chi connectivity index (χ4n) is 2.72. The van der Waals surface area contributed by atoms with Gasteiger partial charge in [0.05, 0.1) is 18.9 Å². The van der Waals surface area contributed by atoms with E-state index >= 15 is 0 Å². The van der Waals surface area contributed by atoms with Crippen LogP contribution >= 0.6 is 11.8 Å². The molecule has 1 heterocycles. The van der Waals surface area contributed by atoms with Crippen LogP contribution in [0.2, 0.25) is 0 Å². The predicted molar refractivity (Wildman–Crippen MR) is 103 cm³/mol. The molecule has 3 rings (SSSR count). The van der Waals surface area contributed by atoms with Crippen molar-refractivity contribution in [2.24, 2.45) is 0 Å². The summed E-state index contributed by atoms with van der Waals surface area (Å²) in [5.74, 6) is -0.196. The monoisotopic (exact) mass is 370 g/mol. The lowest BCUT2D eigenvalue weighted by molar-refractivity contribution is -0.114. The Morgan fingerprint density at radius 2 is 1.77 bits per heavy atom. The third kappa shape index (κ3) is 4.65. The zero-order valence-corrected chi connectivity index (χ0v) is 15.8. The zero-order valence-electron chi connectivity index (χ0n) is 15.0. The second kappa shape index (κ2) is 8.38. The van der Waals surface area contributed by atoms with E-state index in [2.05, 4.69) is 17.4 Å². The minimum absolute atomic E-state index is 0.0354. The average molecular weight is 370 g/mol. The van der Waals surface area contributed by atoms with Crippen LogP contribution in [0, 0.1) is 6.92 Å². The molecule has 0 aliphatic carbocycles. The molecule has 0 spiro atoms. The number of amides is 2. The molecule has 1 fully saturated rings. The van der Waals surface area contributed by atoms with Crippen LogP contribution < -0.4 is 5.32 Å². The number of rotatable bonds is 4. The Kier molecular flexibility index (Phi) is 5.96. The van der Waals surface area contributed by atoms with Gasteiger partial charge in [0.15, 0.2) is 0 Å². The van der Waals surface area contributed by atoms with Crippen LogP contribution in [0.4, 0.5) is 5.69 Å². The van der Waals surface area contributed by atoms with Crippen molar-refractivity contribution in [3.63, 3.8) is 0 Å². The Morgan fingerprint density at radius 1 is 1.08 bits per heavy atom. The quantitative estimate of drug-likeness (QED) is 0.894. The van der Waals surface area contributed by atoms with Crippen molar-refractivity contribution in [2.45, 2.75) is 23.6 Å². The molecular formula is C20H22N2O3S. The standard InChI is InChI=1S/C20H22N2O3S/c1-14-3-6-17(7-4-14)26-19-8-5-16(13-18(19)21-15(2)23)20(24)22-9-11-25-12-10-22/h3-8,13H,9-12H2,1-2H3,(H,21,23). The van der Waals surface area contributed by atoms with E-state index in [4.69, 9.17) is 4.74 Å². The molecule has 2 amide bonds. The molecule has 5 nitrogen and oxygen atoms in total. The molecule has 0 aromatic heterocycles. The third-order valence-electron chi connectivity index (χ3n) is 4.08. The molecular weight excluding hydrogens is 348 g/mol. The van der Waals surface area contributed by atoms with Crippen LogP contribution in [0.3, 0.4) is 0 Å². The van der Waals surface area contributed by atoms with Gasteiger partial charge in [0, 0.05) is 35.4 Å². The van der Waals surface area contributed by atoms with Gasteiger partial charge >= 0.3 is 0 Å². The molecule has 6 heteroatoms. The maximum atomic E-state index is 12.7. The van der Waals surface area contributed by atoms with Crippen molar-refractivity contribution >= 4 is 29.3 Å². The van der Waals surface area contributed by atoms with Gasteiger partial charge in [0.2, 0.25) is 5.91 Å². The van der Waals surface area contributed by atoms with E-state index in [1.54, 1.807) is 22.7 Å². The largest absolute Gasteiger partial charge is 0.378 e. The highest BCUT2D eigenvalue weighted by Crippen LogP contribution is 2.34. The van der Waals surface area contributed by atoms with E-state index in [9.17, 15) is 9.59 Å². The number of aryl methyl sites for hydroxylation is 1. The molecule has 0 unspecified atom stereocenters. The van der Waals surface area contributed by atoms with Gasteiger partial charge < -0.3 is 15.0 Å². The van der Waals surface area contributed by atoms with E-state index in [-0.39, 0.29) is 11.8 Å². The van der Waals surface area contributed by atoms with Crippen LogP contribution in [-0.4, -0.2) is 43.0 Å². The molecule has 2 aromatic rings. The Hall–Kier alpha value is -2.31. The van der Waals surface area contributed by atoms with Gasteiger partial charge in [-0.3, -0.25) is 9.59 Å². The zero-order chi connectivity index (χ0) is 18.5. The normalized spacial score (nSPS) is 14.2. The topological polar surface area (TPSA) is 58.6 Å². The molecule has 0 bridgehead atoms. The summed E-state index contributed by atoms with van der Waals surface area (Å²) in [6.07, 6.45) is 0. The average Bonchev–Trinajstić information content (AvgIpc) is 2.64. The van der Waals surface area contributed by atoms with Crippen LogP contribution in [0.5, 0.6) is 0 Å². The van der Waals surface area contributed by atoms with Crippen LogP contribution in [0.1, 0.15) is 22.8 Å². The van der Waals surface area contributed by atoms with Crippen molar-refractivity contribution in [1.29, 1.82) is 0 Å². The van der Waals surface area contributed by atoms with Crippen molar-refractivity contribution in [2.75, 3.05) is 31.6 Å². The highest BCUT2D eigenvalue weighted by atomic mass is 32.2. The summed E-state index contributed by atoms with van der Waals surface area (Å²) in [5, 5.41) is 2.85. The van der Waals surface area contributed by atoms with Gasteiger partial charge in [-0.15, -0.1) is 0 Å². The fraction of sp³-hybridized carbons (Fsp3) is 0.300. The molecule has 1 aliphatic heterocycles. The second-order valence-electron chi connectivity index (χ2n) is 6.21. The van der Waals surface area contributed by atoms with E-state index in [1.165, 1.54) is 12.5 Å². The summed E-state index contributed by atoms with van der Waals surface area (Å²) >= 11 is 1.56. The molecule has 0 saturated carbocycles. The Morgan fingerprint density at radius 3 is 2.42 bits per heavy atom. The first kappa shape index (κ1) is 18.5. The number of anilines is 1. The van der Waals surface area contributed by atoms with E-state index in [1.807, 2.05) is 31.2 Å². The summed E-state index contributed by atoms with van der Waals surface area (Å²) in [4.78, 5) is 28.1. The van der Waals surface area contributed by atoms with Crippen LogP contribution in [0.15, 0.2) is 52.3 Å². The molecule has 2 aromatic carbocycles. The number of carbonyl (C=O) groups is 2. The van der Waals surface area contributed by atoms with Gasteiger partial charge in [-0.2, -0.15) is 0 Å². The molecule has 26 heavy (non-hydrogen) atoms. The van der Waals surface area contributed by atoms with Gasteiger partial charge in [0.1, 0.15) is 0 Å². The minimum Gasteiger partial charge on any atom is -0.378 e. The first-order chi connectivity index (χ1) is 12.5. The third-order valence-corrected chi connectivity index (χ3v) is 5.17. The smallest absolute Gasteiger partial charge is 0.254 e. The second-order valence-corrected chi connectivity index (χ2v) is 7.33. The Balaban J connectivity index is 1.86. The lowest BCUT2D eigenvalue weighted by atomic mass is 10.1. The number of benzene rings is 2. The summed E-state index contributed by atoms with van der Waals surface area (Å²) in [6, 6.07) is 13.7. The number of nitrogens with zero attached hydrogens (tertiary/aromatic N) is 1. The SMILES string of the molecule is CC(=O)Nc1cc(C(=O)N2CCOCC2)ccc1Sc1ccc(C)cc1. The molecule has 1 N–H and O–H groups in total. The van der Waals surface area contributed by atoms with Crippen molar-refractivity contribution in [3.8, 4) is 0 Å². The first-order valence-corrected chi connectivity index (χ1v) is 9.38. The molecule has 1 aliphatic rings. The fourth-order valence-corrected chi connectivity index (χ4v) is 3.60. The van der Waals surface area contributed by atoms with Crippen LogP contribution in [0.25, 0.3) is 0 Å². The predicted octanol–water partition coefficient (Wildman–Crippen LogP) is 3.58. The lowest BCUT2D eigenvalue weighted by Gasteiger charge is -2.27. The molecule has 136 valence electrons. The highest BCUT2D eigenvalue weighted by Gasteiger charge is 2.20. The van der Waals surface area contributed by atoms with E-state index in [0.29, 0.717) is 37.6 Å². The van der Waals surface area contributed by atoms with Gasteiger partial charge in [-0.05, 0) is 37.3 Å². The summed E-state index contributed by atoms with van der Waals surface area (Å²) in [6.45, 7) is 5.82. The maximum Gasteiger partial charge on any atom is 0.254 e. The Labute approximate surface area is 157 Å². The number of morpholine rings is 1. The van der Waals surface area contributed by atoms with Crippen molar-refractivity contribution < 1.29 is 14.3 Å². The van der Waals surface area contributed by atoms with Crippen molar-refractivity contribution in [3.05, 3.63) is 53.6 Å². The number of carbonyl (C=O) groups excluding carboxylic acids is 2. The Bertz CT molecular complexity index is 799. The summed E-state index contributed by atoms with van der Waals surface area (Å²) in [5.41, 5.74) is 2.42. The van der Waals surface area contributed by atoms with Gasteiger partial charge in [-0.25, -0.2) is 0 Å². The molecule has 1 saturated heterocycles. The van der Waals surface area contributed by atoms with E-state index < -0.39 is 0 Å². The van der Waals surface area contributed by atoms with Crippen molar-refractivity contribution in [1.82, 2.24) is 4.90 Å². The first-order valence-electron chi connectivity index (χ1n) is 8.56. The van der Waals surface area contributed by atoms with Crippen LogP contribution in [-0.2, 0) is 9.53 Å². The number of hydrogen-bond donors (Lipinski definition) is 1. The van der Waals surface area contributed by atoms with E-state index in [0.717, 1.165) is 9.79 Å². The van der Waals surface area contributed by atoms with Gasteiger partial charge in [-0.1, -0.05) is 29.5 Å². The lowest BCUT2D eigenvalue weighted by Crippen LogP contribution is -2.40. The summed E-state index contributed by atoms with van der Waals surface area (Å²) < 4.78 is 5.30. The molecule has 0 atom stereocenters. The number of hydrogen-bond acceptors (Lipinski definition) is 4.